The van der Waals surface area contributed by atoms with Gasteiger partial charge in [0.15, 0.2) is 0 Å². The van der Waals surface area contributed by atoms with E-state index in [0.29, 0.717) is 5.60 Å². The first kappa shape index (κ1) is 11.7. The number of ether oxygens (including phenoxy) is 1. The van der Waals surface area contributed by atoms with Crippen molar-refractivity contribution in [2.45, 2.75) is 69.7 Å². The van der Waals surface area contributed by atoms with Crippen LogP contribution in [0, 0.1) is 5.92 Å². The molecule has 0 saturated heterocycles. The molecule has 15 heavy (non-hydrogen) atoms. The average molecular weight is 226 g/mol. The second-order valence-electron chi connectivity index (χ2n) is 5.96. The van der Waals surface area contributed by atoms with Crippen LogP contribution in [-0.4, -0.2) is 21.0 Å². The molecule has 0 amide bonds. The molecule has 2 bridgehead atoms. The van der Waals surface area contributed by atoms with Gasteiger partial charge in [-0.3, -0.25) is 0 Å². The third-order valence-electron chi connectivity index (χ3n) is 4.57. The Morgan fingerprint density at radius 2 is 2.20 bits per heavy atom. The molecule has 3 unspecified atom stereocenters. The topological polar surface area (TPSA) is 9.23 Å². The first-order chi connectivity index (χ1) is 7.18. The van der Waals surface area contributed by atoms with Crippen molar-refractivity contribution in [2.75, 3.05) is 6.61 Å². The molecule has 0 heterocycles. The zero-order valence-electron chi connectivity index (χ0n) is 10.6. The van der Waals surface area contributed by atoms with E-state index in [-0.39, 0.29) is 0 Å². The highest BCUT2D eigenvalue weighted by Gasteiger charge is 2.53. The molecule has 0 aromatic heterocycles. The fourth-order valence-electron chi connectivity index (χ4n) is 3.79. The monoisotopic (exact) mass is 226 g/mol. The molecule has 2 aliphatic carbocycles. The van der Waals surface area contributed by atoms with Crippen LogP contribution >= 0.6 is 0 Å². The molecule has 88 valence electrons. The van der Waals surface area contributed by atoms with Gasteiger partial charge in [-0.1, -0.05) is 26.4 Å². The van der Waals surface area contributed by atoms with Gasteiger partial charge in [0.25, 0.3) is 0 Å². The first-order valence-electron chi connectivity index (χ1n) is 6.82. The van der Waals surface area contributed by atoms with E-state index in [1.807, 2.05) is 0 Å². The summed E-state index contributed by atoms with van der Waals surface area (Å²) in [4.78, 5) is 0. The van der Waals surface area contributed by atoms with E-state index in [0.717, 1.165) is 18.1 Å². The number of hydrogen-bond acceptors (Lipinski definition) is 1. The lowest BCUT2D eigenvalue weighted by atomic mass is 9.96. The summed E-state index contributed by atoms with van der Waals surface area (Å²) in [6.45, 7) is 8.29. The summed E-state index contributed by atoms with van der Waals surface area (Å²) in [5.74, 6) is 1.02. The summed E-state index contributed by atoms with van der Waals surface area (Å²) in [6, 6.07) is 0. The second-order valence-corrected chi connectivity index (χ2v) is 9.25. The third-order valence-corrected chi connectivity index (χ3v) is 7.05. The zero-order valence-corrected chi connectivity index (χ0v) is 11.7. The van der Waals surface area contributed by atoms with Crippen LogP contribution < -0.4 is 0 Å². The lowest BCUT2D eigenvalue weighted by Gasteiger charge is -2.37. The second kappa shape index (κ2) is 4.58. The highest BCUT2D eigenvalue weighted by atomic mass is 28.3. The van der Waals surface area contributed by atoms with Crippen LogP contribution in [0.25, 0.3) is 0 Å². The van der Waals surface area contributed by atoms with Crippen molar-refractivity contribution in [1.82, 2.24) is 0 Å². The van der Waals surface area contributed by atoms with Crippen LogP contribution in [0.5, 0.6) is 0 Å². The Kier molecular flexibility index (Phi) is 3.56. The Hall–Kier alpha value is 0.177. The normalized spacial score (nSPS) is 39.2. The molecule has 0 aromatic rings. The Balaban J connectivity index is 1.96. The Labute approximate surface area is 96.2 Å². The van der Waals surface area contributed by atoms with Gasteiger partial charge in [0.05, 0.1) is 5.60 Å². The molecule has 2 saturated carbocycles. The van der Waals surface area contributed by atoms with Crippen LogP contribution in [0.1, 0.15) is 45.4 Å². The summed E-state index contributed by atoms with van der Waals surface area (Å²) in [5.41, 5.74) is 1.34. The van der Waals surface area contributed by atoms with E-state index in [1.165, 1.54) is 38.5 Å². The maximum absolute atomic E-state index is 6.33. The lowest BCUT2D eigenvalue weighted by Crippen LogP contribution is -2.38. The van der Waals surface area contributed by atoms with Gasteiger partial charge in [0, 0.05) is 15.4 Å². The largest absolute Gasteiger partial charge is 0.375 e. The van der Waals surface area contributed by atoms with Crippen molar-refractivity contribution < 1.29 is 4.74 Å². The van der Waals surface area contributed by atoms with Gasteiger partial charge in [-0.2, -0.15) is 0 Å². The van der Waals surface area contributed by atoms with Crippen LogP contribution in [-0.2, 0) is 4.74 Å². The molecule has 1 nitrogen and oxygen atoms in total. The van der Waals surface area contributed by atoms with Crippen LogP contribution in [0.15, 0.2) is 0 Å². The maximum atomic E-state index is 6.33. The van der Waals surface area contributed by atoms with E-state index in [9.17, 15) is 0 Å². The van der Waals surface area contributed by atoms with Crippen LogP contribution in [0.2, 0.25) is 18.6 Å². The number of unbranched alkanes of at least 4 members (excludes halogenated alkanes) is 1. The highest BCUT2D eigenvalue weighted by Crippen LogP contribution is 2.57. The fourth-order valence-corrected chi connectivity index (χ4v) is 6.33. The minimum Gasteiger partial charge on any atom is -0.375 e. The molecule has 0 spiro atoms. The van der Waals surface area contributed by atoms with E-state index in [4.69, 9.17) is 4.74 Å². The zero-order chi connectivity index (χ0) is 10.9. The Bertz CT molecular complexity index is 217. The minimum absolute atomic E-state index is 0.361. The molecule has 0 N–H and O–H groups in total. The van der Waals surface area contributed by atoms with Gasteiger partial charge in [-0.25, -0.2) is 0 Å². The van der Waals surface area contributed by atoms with E-state index >= 15 is 0 Å². The summed E-state index contributed by atoms with van der Waals surface area (Å²) >= 11 is 0. The quantitative estimate of drug-likeness (QED) is 0.514. The summed E-state index contributed by atoms with van der Waals surface area (Å²) in [6.07, 6.45) is 8.23. The molecule has 2 rings (SSSR count). The van der Waals surface area contributed by atoms with Crippen molar-refractivity contribution >= 4 is 8.80 Å². The van der Waals surface area contributed by atoms with Crippen molar-refractivity contribution in [3.8, 4) is 0 Å². The SMILES string of the molecule is CCCCOC12CCC(CC1[SiH](C)C)C2. The van der Waals surface area contributed by atoms with E-state index in [2.05, 4.69) is 20.0 Å². The highest BCUT2D eigenvalue weighted by molar-refractivity contribution is 6.58. The van der Waals surface area contributed by atoms with E-state index in [1.54, 1.807) is 0 Å². The molecule has 2 fully saturated rings. The number of hydrogen-bond donors (Lipinski definition) is 0. The summed E-state index contributed by atoms with van der Waals surface area (Å²) < 4.78 is 6.33. The van der Waals surface area contributed by atoms with Crippen LogP contribution in [0.4, 0.5) is 0 Å². The maximum Gasteiger partial charge on any atom is 0.0687 e. The van der Waals surface area contributed by atoms with Gasteiger partial charge in [-0.15, -0.1) is 0 Å². The number of rotatable bonds is 5. The standard InChI is InChI=1S/C13H26OSi/c1-4-5-8-14-13-7-6-11(10-13)9-12(13)15(2)3/h11-12,15H,4-10H2,1-3H3. The van der Waals surface area contributed by atoms with Gasteiger partial charge < -0.3 is 4.74 Å². The van der Waals surface area contributed by atoms with Crippen molar-refractivity contribution in [2.24, 2.45) is 5.92 Å². The lowest BCUT2D eigenvalue weighted by molar-refractivity contribution is -0.0386. The predicted molar refractivity (Wildman–Crippen MR) is 68.2 cm³/mol. The third kappa shape index (κ3) is 2.16. The minimum atomic E-state index is -0.512. The average Bonchev–Trinajstić information content (AvgIpc) is 2.75. The van der Waals surface area contributed by atoms with Crippen molar-refractivity contribution in [3.05, 3.63) is 0 Å². The van der Waals surface area contributed by atoms with E-state index < -0.39 is 8.80 Å². The Morgan fingerprint density at radius 3 is 2.80 bits per heavy atom. The molecule has 2 aliphatic rings. The Morgan fingerprint density at radius 1 is 1.40 bits per heavy atom. The number of fused-ring (bicyclic) bond motifs is 2. The summed E-state index contributed by atoms with van der Waals surface area (Å²) in [7, 11) is -0.512. The smallest absolute Gasteiger partial charge is 0.0687 e. The van der Waals surface area contributed by atoms with Crippen molar-refractivity contribution in [1.29, 1.82) is 0 Å². The van der Waals surface area contributed by atoms with Gasteiger partial charge in [0.2, 0.25) is 0 Å². The van der Waals surface area contributed by atoms with Gasteiger partial charge in [-0.05, 0) is 43.6 Å². The predicted octanol–water partition coefficient (Wildman–Crippen LogP) is 3.60. The van der Waals surface area contributed by atoms with Crippen molar-refractivity contribution in [3.63, 3.8) is 0 Å². The summed E-state index contributed by atoms with van der Waals surface area (Å²) in [5, 5.41) is 0. The molecular formula is C13H26OSi. The van der Waals surface area contributed by atoms with Crippen LogP contribution in [0.3, 0.4) is 0 Å². The van der Waals surface area contributed by atoms with Gasteiger partial charge in [0.1, 0.15) is 0 Å². The molecular weight excluding hydrogens is 200 g/mol. The fraction of sp³-hybridized carbons (Fsp3) is 1.00. The first-order valence-corrected chi connectivity index (χ1v) is 9.79. The molecule has 0 aliphatic heterocycles. The van der Waals surface area contributed by atoms with Gasteiger partial charge >= 0.3 is 0 Å². The molecule has 3 atom stereocenters. The molecule has 2 heteroatoms. The molecule has 0 radical (unpaired) electrons. The molecule has 0 aromatic carbocycles.